The van der Waals surface area contributed by atoms with Crippen LogP contribution in [0.25, 0.3) is 0 Å². The minimum absolute atomic E-state index is 0.117. The average Bonchev–Trinajstić information content (AvgIpc) is 2.65. The zero-order valence-electron chi connectivity index (χ0n) is 15.5. The lowest BCUT2D eigenvalue weighted by Gasteiger charge is -2.58. The SMILES string of the molecule is O=C(NC1CCCN(c2nccc(Cl)n2)C1)C12CC3CC(C1)C(O)C(C3)C2. The third-order valence-corrected chi connectivity index (χ3v) is 7.56. The number of carbonyl (C=O) groups is 1. The number of hydrogen-bond acceptors (Lipinski definition) is 5. The van der Waals surface area contributed by atoms with E-state index in [4.69, 9.17) is 11.6 Å². The van der Waals surface area contributed by atoms with Crippen molar-refractivity contribution < 1.29 is 9.90 Å². The van der Waals surface area contributed by atoms with Gasteiger partial charge in [-0.3, -0.25) is 4.79 Å². The molecule has 5 fully saturated rings. The number of nitrogens with one attached hydrogen (secondary N) is 1. The Kier molecular flexibility index (Phi) is 4.32. The van der Waals surface area contributed by atoms with Crippen molar-refractivity contribution in [1.82, 2.24) is 15.3 Å². The highest BCUT2D eigenvalue weighted by molar-refractivity contribution is 6.29. The van der Waals surface area contributed by atoms with Crippen LogP contribution in [0.15, 0.2) is 12.3 Å². The maximum Gasteiger partial charge on any atom is 0.226 e. The van der Waals surface area contributed by atoms with Crippen LogP contribution in [0.5, 0.6) is 0 Å². The number of halogens is 1. The summed E-state index contributed by atoms with van der Waals surface area (Å²) in [5.41, 5.74) is -0.245. The molecular formula is C20H27ClN4O2. The Morgan fingerprint density at radius 2 is 2.07 bits per heavy atom. The van der Waals surface area contributed by atoms with E-state index >= 15 is 0 Å². The zero-order chi connectivity index (χ0) is 18.6. The number of rotatable bonds is 3. The molecule has 1 aromatic heterocycles. The second kappa shape index (κ2) is 6.59. The van der Waals surface area contributed by atoms with Gasteiger partial charge in [0.15, 0.2) is 0 Å². The summed E-state index contributed by atoms with van der Waals surface area (Å²) in [6.07, 6.45) is 8.42. The third kappa shape index (κ3) is 3.11. The standard InChI is InChI=1S/C20H27ClN4O2/c21-16-3-4-22-19(24-16)25-5-1-2-15(11-25)23-18(27)20-8-12-6-13(9-20)17(26)14(7-12)10-20/h3-4,12-15,17,26H,1-2,5-11H2,(H,23,27). The first kappa shape index (κ1) is 17.7. The molecule has 2 heterocycles. The highest BCUT2D eigenvalue weighted by atomic mass is 35.5. The lowest BCUT2D eigenvalue weighted by molar-refractivity contribution is -0.163. The molecule has 7 heteroatoms. The van der Waals surface area contributed by atoms with Crippen molar-refractivity contribution >= 4 is 23.5 Å². The number of nitrogens with zero attached hydrogens (tertiary/aromatic N) is 3. The molecule has 6 rings (SSSR count). The van der Waals surface area contributed by atoms with Crippen molar-refractivity contribution in [2.45, 2.75) is 57.1 Å². The van der Waals surface area contributed by atoms with Gasteiger partial charge in [-0.15, -0.1) is 0 Å². The molecule has 1 saturated heterocycles. The molecule has 1 aromatic rings. The molecule has 0 spiro atoms. The first-order valence-electron chi connectivity index (χ1n) is 10.2. The largest absolute Gasteiger partial charge is 0.393 e. The molecule has 5 aliphatic rings. The molecule has 0 aromatic carbocycles. The maximum atomic E-state index is 13.3. The van der Waals surface area contributed by atoms with Crippen molar-refractivity contribution in [2.24, 2.45) is 23.2 Å². The summed E-state index contributed by atoms with van der Waals surface area (Å²) < 4.78 is 0. The van der Waals surface area contributed by atoms with Crippen LogP contribution in [-0.4, -0.2) is 46.2 Å². The van der Waals surface area contributed by atoms with Crippen LogP contribution in [0.1, 0.15) is 44.9 Å². The van der Waals surface area contributed by atoms with Gasteiger partial charge < -0.3 is 15.3 Å². The zero-order valence-corrected chi connectivity index (χ0v) is 16.2. The van der Waals surface area contributed by atoms with Crippen molar-refractivity contribution in [3.05, 3.63) is 17.4 Å². The van der Waals surface area contributed by atoms with E-state index in [9.17, 15) is 9.90 Å². The molecule has 3 unspecified atom stereocenters. The number of anilines is 1. The first-order chi connectivity index (χ1) is 13.0. The number of aliphatic hydroxyl groups is 1. The predicted molar refractivity (Wildman–Crippen MR) is 102 cm³/mol. The molecule has 4 saturated carbocycles. The fourth-order valence-corrected chi connectivity index (χ4v) is 6.50. The highest BCUT2D eigenvalue weighted by Gasteiger charge is 2.58. The molecule has 2 N–H and O–H groups in total. The quantitative estimate of drug-likeness (QED) is 0.775. The van der Waals surface area contributed by atoms with Crippen LogP contribution in [0.3, 0.4) is 0 Å². The van der Waals surface area contributed by atoms with Gasteiger partial charge >= 0.3 is 0 Å². The van der Waals surface area contributed by atoms with Crippen LogP contribution < -0.4 is 10.2 Å². The number of aliphatic hydroxyl groups excluding tert-OH is 1. The molecule has 4 aliphatic carbocycles. The van der Waals surface area contributed by atoms with Gasteiger partial charge in [-0.1, -0.05) is 11.6 Å². The van der Waals surface area contributed by atoms with Gasteiger partial charge in [0, 0.05) is 25.3 Å². The van der Waals surface area contributed by atoms with Gasteiger partial charge in [0.05, 0.1) is 11.5 Å². The Hall–Kier alpha value is -1.40. The van der Waals surface area contributed by atoms with Gasteiger partial charge in [0.2, 0.25) is 11.9 Å². The molecule has 27 heavy (non-hydrogen) atoms. The van der Waals surface area contributed by atoms with E-state index < -0.39 is 0 Å². The fourth-order valence-electron chi connectivity index (χ4n) is 6.37. The Bertz CT molecular complexity index is 728. The van der Waals surface area contributed by atoms with Gasteiger partial charge in [0.25, 0.3) is 0 Å². The second-order valence-corrected chi connectivity index (χ2v) is 9.57. The average molecular weight is 391 g/mol. The van der Waals surface area contributed by atoms with Crippen LogP contribution in [0, 0.1) is 23.2 Å². The van der Waals surface area contributed by atoms with E-state index in [1.807, 2.05) is 0 Å². The third-order valence-electron chi connectivity index (χ3n) is 7.35. The van der Waals surface area contributed by atoms with Crippen LogP contribution in [-0.2, 0) is 4.79 Å². The van der Waals surface area contributed by atoms with Crippen LogP contribution in [0.4, 0.5) is 5.95 Å². The monoisotopic (exact) mass is 390 g/mol. The smallest absolute Gasteiger partial charge is 0.226 e. The summed E-state index contributed by atoms with van der Waals surface area (Å²) in [5, 5.41) is 14.3. The Morgan fingerprint density at radius 3 is 2.81 bits per heavy atom. The van der Waals surface area contributed by atoms with E-state index in [-0.39, 0.29) is 23.5 Å². The minimum atomic E-state index is -0.245. The molecule has 6 nitrogen and oxygen atoms in total. The Balaban J connectivity index is 1.27. The normalized spacial score (nSPS) is 40.2. The van der Waals surface area contributed by atoms with Crippen molar-refractivity contribution in [3.8, 4) is 0 Å². The predicted octanol–water partition coefficient (Wildman–Crippen LogP) is 2.40. The minimum Gasteiger partial charge on any atom is -0.393 e. The van der Waals surface area contributed by atoms with E-state index in [0.717, 1.165) is 58.0 Å². The summed E-state index contributed by atoms with van der Waals surface area (Å²) in [7, 11) is 0. The summed E-state index contributed by atoms with van der Waals surface area (Å²) in [6, 6.07) is 1.79. The van der Waals surface area contributed by atoms with Crippen molar-refractivity contribution in [2.75, 3.05) is 18.0 Å². The summed E-state index contributed by atoms with van der Waals surface area (Å²) in [4.78, 5) is 24.1. The maximum absolute atomic E-state index is 13.3. The topological polar surface area (TPSA) is 78.4 Å². The lowest BCUT2D eigenvalue weighted by Crippen LogP contribution is -2.60. The van der Waals surface area contributed by atoms with E-state index in [1.165, 1.54) is 0 Å². The Morgan fingerprint density at radius 1 is 1.30 bits per heavy atom. The number of amides is 1. The van der Waals surface area contributed by atoms with Crippen molar-refractivity contribution in [3.63, 3.8) is 0 Å². The molecule has 4 bridgehead atoms. The van der Waals surface area contributed by atoms with E-state index in [1.54, 1.807) is 12.3 Å². The summed E-state index contributed by atoms with van der Waals surface area (Å²) in [5.74, 6) is 2.13. The van der Waals surface area contributed by atoms with Crippen molar-refractivity contribution in [1.29, 1.82) is 0 Å². The van der Waals surface area contributed by atoms with Crippen LogP contribution >= 0.6 is 11.6 Å². The van der Waals surface area contributed by atoms with Gasteiger partial charge in [-0.2, -0.15) is 0 Å². The Labute approximate surface area is 164 Å². The van der Waals surface area contributed by atoms with Crippen LogP contribution in [0.2, 0.25) is 5.15 Å². The fraction of sp³-hybridized carbons (Fsp3) is 0.750. The molecule has 3 atom stereocenters. The van der Waals surface area contributed by atoms with E-state index in [2.05, 4.69) is 20.2 Å². The summed E-state index contributed by atoms with van der Waals surface area (Å²) >= 11 is 6.01. The molecular weight excluding hydrogens is 364 g/mol. The molecule has 0 radical (unpaired) electrons. The lowest BCUT2D eigenvalue weighted by atomic mass is 9.48. The number of hydrogen-bond donors (Lipinski definition) is 2. The second-order valence-electron chi connectivity index (χ2n) is 9.18. The van der Waals surface area contributed by atoms with Gasteiger partial charge in [-0.25, -0.2) is 9.97 Å². The van der Waals surface area contributed by atoms with Gasteiger partial charge in [0.1, 0.15) is 5.15 Å². The van der Waals surface area contributed by atoms with Gasteiger partial charge in [-0.05, 0) is 68.8 Å². The summed E-state index contributed by atoms with van der Waals surface area (Å²) in [6.45, 7) is 1.61. The molecule has 1 aliphatic heterocycles. The number of aromatic nitrogens is 2. The highest BCUT2D eigenvalue weighted by Crippen LogP contribution is 2.60. The first-order valence-corrected chi connectivity index (χ1v) is 10.6. The molecule has 1 amide bonds. The number of carbonyl (C=O) groups excluding carboxylic acids is 1. The molecule has 146 valence electrons. The number of piperidine rings is 1. The van der Waals surface area contributed by atoms with E-state index in [0.29, 0.717) is 28.9 Å².